The molecule has 0 radical (unpaired) electrons. The summed E-state index contributed by atoms with van der Waals surface area (Å²) in [4.78, 5) is 37.6. The third-order valence-corrected chi connectivity index (χ3v) is 15.5. The monoisotopic (exact) mass is 1290 g/mol. The van der Waals surface area contributed by atoms with Crippen LogP contribution in [0.2, 0.25) is 0 Å². The van der Waals surface area contributed by atoms with E-state index in [2.05, 4.69) is 184 Å². The van der Waals surface area contributed by atoms with Crippen LogP contribution >= 0.6 is 0 Å². The number of allylic oxidation sites excluding steroid dienone is 28. The Hall–Kier alpha value is -5.35. The van der Waals surface area contributed by atoms with Crippen molar-refractivity contribution in [3.05, 3.63) is 170 Å². The highest BCUT2D eigenvalue weighted by Crippen LogP contribution is 2.17. The molecule has 0 amide bonds. The van der Waals surface area contributed by atoms with Crippen LogP contribution in [0.3, 0.4) is 0 Å². The Labute approximate surface area is 571 Å². The van der Waals surface area contributed by atoms with Crippen LogP contribution in [0.4, 0.5) is 0 Å². The number of carbonyl (C=O) groups excluding carboxylic acids is 3. The molecule has 0 aromatic heterocycles. The predicted octanol–water partition coefficient (Wildman–Crippen LogP) is 22.5. The van der Waals surface area contributed by atoms with Crippen molar-refractivity contribution in [2.75, 3.05) is 47.5 Å². The van der Waals surface area contributed by atoms with Crippen molar-refractivity contribution in [1.82, 2.24) is 0 Å². The fourth-order valence-electron chi connectivity index (χ4n) is 9.85. The van der Waals surface area contributed by atoms with E-state index in [0.29, 0.717) is 17.4 Å². The number of carboxylic acids is 1. The van der Waals surface area contributed by atoms with Gasteiger partial charge in [-0.2, -0.15) is 0 Å². The van der Waals surface area contributed by atoms with E-state index in [4.69, 9.17) is 18.9 Å². The minimum Gasteiger partial charge on any atom is -0.545 e. The van der Waals surface area contributed by atoms with E-state index < -0.39 is 24.3 Å². The van der Waals surface area contributed by atoms with E-state index in [1.54, 1.807) is 0 Å². The molecule has 9 nitrogen and oxygen atoms in total. The van der Waals surface area contributed by atoms with Gasteiger partial charge in [0.1, 0.15) is 13.2 Å². The number of quaternary nitrogens is 1. The molecule has 0 heterocycles. The second-order valence-corrected chi connectivity index (χ2v) is 25.5. The van der Waals surface area contributed by atoms with E-state index >= 15 is 0 Å². The van der Waals surface area contributed by atoms with Crippen LogP contribution in [-0.4, -0.2) is 82.3 Å². The molecule has 0 aromatic carbocycles. The molecule has 2 unspecified atom stereocenters. The van der Waals surface area contributed by atoms with Gasteiger partial charge in [0.15, 0.2) is 12.4 Å². The van der Waals surface area contributed by atoms with Gasteiger partial charge in [0, 0.05) is 12.8 Å². The van der Waals surface area contributed by atoms with Gasteiger partial charge in [-0.1, -0.05) is 312 Å². The van der Waals surface area contributed by atoms with E-state index in [9.17, 15) is 19.5 Å². The van der Waals surface area contributed by atoms with Gasteiger partial charge >= 0.3 is 11.9 Å². The van der Waals surface area contributed by atoms with Gasteiger partial charge in [0.05, 0.1) is 40.3 Å². The minimum atomic E-state index is -1.63. The van der Waals surface area contributed by atoms with Gasteiger partial charge in [-0.3, -0.25) is 9.59 Å². The Kier molecular flexibility index (Phi) is 68.3. The molecule has 0 aliphatic carbocycles. The smallest absolute Gasteiger partial charge is 0.306 e. The lowest BCUT2D eigenvalue weighted by Crippen LogP contribution is -2.44. The summed E-state index contributed by atoms with van der Waals surface area (Å²) in [6.45, 7) is 4.51. The van der Waals surface area contributed by atoms with Gasteiger partial charge in [0.2, 0.25) is 0 Å². The molecular formula is C84H137NO8. The summed E-state index contributed by atoms with van der Waals surface area (Å²) in [6.07, 6.45) is 106. The Morgan fingerprint density at radius 2 is 0.581 bits per heavy atom. The fourth-order valence-corrected chi connectivity index (χ4v) is 9.85. The van der Waals surface area contributed by atoms with Crippen molar-refractivity contribution in [2.24, 2.45) is 0 Å². The Morgan fingerprint density at radius 1 is 0.323 bits per heavy atom. The molecule has 0 aromatic rings. The van der Waals surface area contributed by atoms with Crippen molar-refractivity contribution >= 4 is 17.9 Å². The molecule has 93 heavy (non-hydrogen) atoms. The maximum atomic E-state index is 13.0. The lowest BCUT2D eigenvalue weighted by molar-refractivity contribution is -0.870. The highest BCUT2D eigenvalue weighted by atomic mass is 16.7. The summed E-state index contributed by atoms with van der Waals surface area (Å²) in [5.74, 6) is -2.30. The zero-order valence-corrected chi connectivity index (χ0v) is 60.1. The van der Waals surface area contributed by atoms with E-state index in [1.165, 1.54) is 109 Å². The lowest BCUT2D eigenvalue weighted by Gasteiger charge is -2.26. The second kappa shape index (κ2) is 72.5. The summed E-state index contributed by atoms with van der Waals surface area (Å²) < 4.78 is 22.8. The molecule has 9 heteroatoms. The van der Waals surface area contributed by atoms with E-state index in [-0.39, 0.29) is 38.6 Å². The third-order valence-electron chi connectivity index (χ3n) is 15.5. The van der Waals surface area contributed by atoms with Gasteiger partial charge in [-0.05, 0) is 128 Å². The maximum Gasteiger partial charge on any atom is 0.306 e. The van der Waals surface area contributed by atoms with Crippen molar-refractivity contribution < 1.29 is 42.9 Å². The summed E-state index contributed by atoms with van der Waals surface area (Å²) in [6, 6.07) is 0. The topological polar surface area (TPSA) is 111 Å². The lowest BCUT2D eigenvalue weighted by atomic mass is 10.0. The molecule has 0 aliphatic rings. The van der Waals surface area contributed by atoms with Gasteiger partial charge in [0.25, 0.3) is 0 Å². The number of hydrogen-bond donors (Lipinski definition) is 0. The first-order chi connectivity index (χ1) is 45.6. The number of hydrogen-bond acceptors (Lipinski definition) is 8. The normalized spacial score (nSPS) is 13.7. The second-order valence-electron chi connectivity index (χ2n) is 25.5. The third kappa shape index (κ3) is 73.9. The molecule has 0 saturated heterocycles. The van der Waals surface area contributed by atoms with Crippen LogP contribution < -0.4 is 5.11 Å². The number of nitrogens with zero attached hydrogens (tertiary/aromatic N) is 1. The first-order valence-electron chi connectivity index (χ1n) is 37.3. The Morgan fingerprint density at radius 3 is 0.860 bits per heavy atom. The molecule has 0 aliphatic heterocycles. The maximum absolute atomic E-state index is 13.0. The number of ether oxygens (including phenoxy) is 4. The molecule has 0 saturated carbocycles. The molecule has 0 N–H and O–H groups in total. The van der Waals surface area contributed by atoms with Crippen LogP contribution in [0.1, 0.15) is 284 Å². The number of aliphatic carboxylic acids is 1. The SMILES string of the molecule is CC/C=C\C/C=C\C/C=C\C/C=C\C/C=C\C/C=C\C/C=C\C/C=C\CCCCCCCCCCCCCCCCC(=O)OC(COC(=O)CCCCCCCCCCCC/C=C\C/C=C\C/C=C\C/C=C\C/C=C\C/C=C\CC)COC(OCC[N+](C)(C)C)C(=O)[O-]. The molecule has 526 valence electrons. The van der Waals surface area contributed by atoms with Crippen LogP contribution in [-0.2, 0) is 33.3 Å². The van der Waals surface area contributed by atoms with Gasteiger partial charge < -0.3 is 33.3 Å². The van der Waals surface area contributed by atoms with Crippen molar-refractivity contribution in [3.63, 3.8) is 0 Å². The summed E-state index contributed by atoms with van der Waals surface area (Å²) >= 11 is 0. The highest BCUT2D eigenvalue weighted by molar-refractivity contribution is 5.70. The predicted molar refractivity (Wildman–Crippen MR) is 398 cm³/mol. The summed E-state index contributed by atoms with van der Waals surface area (Å²) in [5, 5.41) is 11.8. The first-order valence-corrected chi connectivity index (χ1v) is 37.3. The van der Waals surface area contributed by atoms with Crippen molar-refractivity contribution in [3.8, 4) is 0 Å². The quantitative estimate of drug-likeness (QED) is 0.0195. The highest BCUT2D eigenvalue weighted by Gasteiger charge is 2.22. The number of likely N-dealkylation sites (N-methyl/N-ethyl adjacent to an activating group) is 1. The average molecular weight is 1290 g/mol. The van der Waals surface area contributed by atoms with Crippen molar-refractivity contribution in [1.29, 1.82) is 0 Å². The van der Waals surface area contributed by atoms with Crippen LogP contribution in [0.25, 0.3) is 0 Å². The molecule has 2 atom stereocenters. The van der Waals surface area contributed by atoms with Gasteiger partial charge in [-0.25, -0.2) is 0 Å². The summed E-state index contributed by atoms with van der Waals surface area (Å²) in [7, 11) is 5.92. The Balaban J connectivity index is 4.13. The van der Waals surface area contributed by atoms with E-state index in [1.807, 2.05) is 21.1 Å². The van der Waals surface area contributed by atoms with Crippen LogP contribution in [0.5, 0.6) is 0 Å². The summed E-state index contributed by atoms with van der Waals surface area (Å²) in [5.41, 5.74) is 0. The molecule has 0 bridgehead atoms. The largest absolute Gasteiger partial charge is 0.545 e. The number of carbonyl (C=O) groups is 3. The van der Waals surface area contributed by atoms with Crippen LogP contribution in [0.15, 0.2) is 170 Å². The van der Waals surface area contributed by atoms with Gasteiger partial charge in [-0.15, -0.1) is 0 Å². The molecule has 0 fully saturated rings. The van der Waals surface area contributed by atoms with Crippen molar-refractivity contribution in [2.45, 2.75) is 296 Å². The number of unbranched alkanes of at least 4 members (excludes halogenated alkanes) is 24. The number of esters is 2. The average Bonchev–Trinajstić information content (AvgIpc) is 3.38. The minimum absolute atomic E-state index is 0.140. The number of carboxylic acid groups (broad SMARTS) is 1. The van der Waals surface area contributed by atoms with Crippen LogP contribution in [0, 0.1) is 0 Å². The first kappa shape index (κ1) is 87.7. The standard InChI is InChI=1S/C84H137NO8/c1-6-8-10-12-14-16-18-20-22-24-26-28-30-32-34-36-37-38-39-40-41-42-43-44-45-47-49-51-53-55-57-59-61-63-65-67-69-71-73-75-82(87)93-80(79-92-84(83(88)89)90-77-76-85(3,4)5)78-91-81(86)74-72-70-68-66-64-62-60-58-56-54-52-50-48-46-35-33-31-29-27-25-23-21-19-17-15-13-11-9-7-2/h8-11,14-17,20-23,26-29,32-35,37-38,40-41,43-44,48,50,80,84H,6-7,12-13,18-19,24-25,30-31,36,39,42,45-47,49,51-79H2,1-5H3/b10-8-,11-9-,16-14-,17-15-,22-20-,23-21-,28-26-,29-27-,34-32-,35-33-,38-37-,41-40-,44-43-,50-48-. The molecular weight excluding hydrogens is 1150 g/mol. The molecule has 0 rings (SSSR count). The molecule has 0 spiro atoms. The van der Waals surface area contributed by atoms with E-state index in [0.717, 1.165) is 141 Å². The number of rotatable bonds is 67. The zero-order valence-electron chi connectivity index (χ0n) is 60.1. The zero-order chi connectivity index (χ0) is 67.5. The fraction of sp³-hybridized carbons (Fsp3) is 0.631. The Bertz CT molecular complexity index is 2140.